The van der Waals surface area contributed by atoms with E-state index in [-0.39, 0.29) is 24.1 Å². The third-order valence-corrected chi connectivity index (χ3v) is 4.53. The van der Waals surface area contributed by atoms with Crippen LogP contribution in [0.2, 0.25) is 0 Å². The Morgan fingerprint density at radius 3 is 2.76 bits per heavy atom. The molecule has 6 nitrogen and oxygen atoms in total. The molecule has 1 atom stereocenters. The normalized spacial score (nSPS) is 17.6. The fourth-order valence-electron chi connectivity index (χ4n) is 3.27. The van der Waals surface area contributed by atoms with Crippen LogP contribution in [0.3, 0.4) is 0 Å². The van der Waals surface area contributed by atoms with Gasteiger partial charge in [0.1, 0.15) is 17.1 Å². The zero-order chi connectivity index (χ0) is 17.8. The number of carboxylic acids is 1. The van der Waals surface area contributed by atoms with Crippen molar-refractivity contribution in [2.45, 2.75) is 38.9 Å². The number of hydrogen-bond donors (Lipinski definition) is 2. The lowest BCUT2D eigenvalue weighted by molar-refractivity contribution is -0.125. The van der Waals surface area contributed by atoms with Crippen molar-refractivity contribution in [1.82, 2.24) is 10.2 Å². The first-order chi connectivity index (χ1) is 12.0. The number of rotatable bonds is 6. The van der Waals surface area contributed by atoms with Crippen molar-refractivity contribution >= 4 is 11.9 Å². The number of carbonyl (C=O) groups is 2. The van der Waals surface area contributed by atoms with Gasteiger partial charge in [0.2, 0.25) is 5.91 Å². The third-order valence-electron chi connectivity index (χ3n) is 4.53. The molecular weight excluding hydrogens is 320 g/mol. The van der Waals surface area contributed by atoms with E-state index in [1.807, 2.05) is 18.2 Å². The third kappa shape index (κ3) is 4.09. The molecule has 1 aliphatic rings. The molecule has 2 aromatic rings. The highest BCUT2D eigenvalue weighted by atomic mass is 16.4. The second-order valence-electron chi connectivity index (χ2n) is 6.32. The van der Waals surface area contributed by atoms with Gasteiger partial charge in [-0.15, -0.1) is 0 Å². The van der Waals surface area contributed by atoms with Crippen LogP contribution < -0.4 is 5.32 Å². The Morgan fingerprint density at radius 2 is 2.08 bits per heavy atom. The van der Waals surface area contributed by atoms with Crippen molar-refractivity contribution < 1.29 is 19.1 Å². The average molecular weight is 342 g/mol. The number of nitrogens with one attached hydrogen (secondary N) is 1. The Labute approximate surface area is 146 Å². The second kappa shape index (κ2) is 7.53. The van der Waals surface area contributed by atoms with Crippen LogP contribution in [0.4, 0.5) is 0 Å². The van der Waals surface area contributed by atoms with E-state index in [1.54, 1.807) is 6.92 Å². The number of likely N-dealkylation sites (tertiary alicyclic amines) is 1. The lowest BCUT2D eigenvalue weighted by Gasteiger charge is -2.23. The number of aromatic carboxylic acids is 1. The van der Waals surface area contributed by atoms with Crippen LogP contribution in [0.5, 0.6) is 0 Å². The van der Waals surface area contributed by atoms with Crippen LogP contribution in [-0.2, 0) is 17.9 Å². The summed E-state index contributed by atoms with van der Waals surface area (Å²) in [6.45, 7) is 3.45. The van der Waals surface area contributed by atoms with E-state index in [1.165, 1.54) is 11.6 Å². The van der Waals surface area contributed by atoms with Gasteiger partial charge in [-0.05, 0) is 37.9 Å². The monoisotopic (exact) mass is 342 g/mol. The summed E-state index contributed by atoms with van der Waals surface area (Å²) in [6.07, 6.45) is 1.82. The quantitative estimate of drug-likeness (QED) is 0.843. The van der Waals surface area contributed by atoms with E-state index in [0.29, 0.717) is 11.5 Å². The smallest absolute Gasteiger partial charge is 0.339 e. The van der Waals surface area contributed by atoms with Gasteiger partial charge in [-0.1, -0.05) is 30.3 Å². The molecule has 3 rings (SSSR count). The van der Waals surface area contributed by atoms with Crippen LogP contribution in [-0.4, -0.2) is 34.5 Å². The highest BCUT2D eigenvalue weighted by Gasteiger charge is 2.30. The number of benzene rings is 1. The summed E-state index contributed by atoms with van der Waals surface area (Å²) in [5.74, 6) is -0.262. The molecule has 1 aromatic carbocycles. The maximum Gasteiger partial charge on any atom is 0.339 e. The summed E-state index contributed by atoms with van der Waals surface area (Å²) in [5.41, 5.74) is 1.32. The molecule has 1 unspecified atom stereocenters. The minimum absolute atomic E-state index is 0.0423. The Bertz CT molecular complexity index is 754. The van der Waals surface area contributed by atoms with Crippen LogP contribution in [0.25, 0.3) is 0 Å². The van der Waals surface area contributed by atoms with Gasteiger partial charge in [-0.2, -0.15) is 0 Å². The van der Waals surface area contributed by atoms with E-state index < -0.39 is 5.97 Å². The Morgan fingerprint density at radius 1 is 1.32 bits per heavy atom. The molecule has 0 bridgehead atoms. The summed E-state index contributed by atoms with van der Waals surface area (Å²) in [6, 6.07) is 11.4. The van der Waals surface area contributed by atoms with Crippen LogP contribution >= 0.6 is 0 Å². The van der Waals surface area contributed by atoms with Gasteiger partial charge in [0.15, 0.2) is 0 Å². The van der Waals surface area contributed by atoms with E-state index in [9.17, 15) is 9.59 Å². The first-order valence-electron chi connectivity index (χ1n) is 8.43. The number of aryl methyl sites for hydroxylation is 1. The van der Waals surface area contributed by atoms with Gasteiger partial charge < -0.3 is 14.8 Å². The molecule has 0 radical (unpaired) electrons. The maximum absolute atomic E-state index is 12.5. The zero-order valence-electron chi connectivity index (χ0n) is 14.2. The topological polar surface area (TPSA) is 82.8 Å². The van der Waals surface area contributed by atoms with Crippen molar-refractivity contribution in [3.05, 3.63) is 59.0 Å². The molecule has 132 valence electrons. The molecule has 25 heavy (non-hydrogen) atoms. The van der Waals surface area contributed by atoms with Crippen molar-refractivity contribution in [2.75, 3.05) is 6.54 Å². The first kappa shape index (κ1) is 17.2. The van der Waals surface area contributed by atoms with Gasteiger partial charge >= 0.3 is 5.97 Å². The van der Waals surface area contributed by atoms with Gasteiger partial charge in [0.05, 0.1) is 12.6 Å². The first-order valence-corrected chi connectivity index (χ1v) is 8.43. The number of amides is 1. The fraction of sp³-hybridized carbons (Fsp3) is 0.368. The summed E-state index contributed by atoms with van der Waals surface area (Å²) in [4.78, 5) is 25.8. The highest BCUT2D eigenvalue weighted by molar-refractivity contribution is 5.88. The second-order valence-corrected chi connectivity index (χ2v) is 6.32. The number of carbonyl (C=O) groups excluding carboxylic acids is 1. The summed E-state index contributed by atoms with van der Waals surface area (Å²) < 4.78 is 5.40. The number of hydrogen-bond acceptors (Lipinski definition) is 4. The molecule has 1 saturated heterocycles. The molecule has 6 heteroatoms. The summed E-state index contributed by atoms with van der Waals surface area (Å²) in [5, 5.41) is 11.9. The minimum atomic E-state index is -1.02. The Kier molecular flexibility index (Phi) is 5.19. The number of furan rings is 1. The molecule has 1 aromatic heterocycles. The van der Waals surface area contributed by atoms with Gasteiger partial charge in [0, 0.05) is 6.54 Å². The molecule has 1 aliphatic heterocycles. The van der Waals surface area contributed by atoms with Crippen LogP contribution in [0, 0.1) is 6.92 Å². The summed E-state index contributed by atoms with van der Waals surface area (Å²) in [7, 11) is 0. The predicted molar refractivity (Wildman–Crippen MR) is 92.1 cm³/mol. The van der Waals surface area contributed by atoms with Gasteiger partial charge in [-0.25, -0.2) is 4.79 Å². The lowest BCUT2D eigenvalue weighted by Crippen LogP contribution is -2.42. The Hall–Kier alpha value is -2.60. The van der Waals surface area contributed by atoms with E-state index in [2.05, 4.69) is 22.3 Å². The lowest BCUT2D eigenvalue weighted by atomic mass is 10.1. The van der Waals surface area contributed by atoms with Crippen molar-refractivity contribution in [3.63, 3.8) is 0 Å². The van der Waals surface area contributed by atoms with Gasteiger partial charge in [-0.3, -0.25) is 9.69 Å². The molecule has 1 amide bonds. The molecule has 2 heterocycles. The molecule has 0 aliphatic carbocycles. The van der Waals surface area contributed by atoms with Gasteiger partial charge in [0.25, 0.3) is 0 Å². The van der Waals surface area contributed by atoms with Crippen LogP contribution in [0.15, 0.2) is 40.8 Å². The van der Waals surface area contributed by atoms with Crippen molar-refractivity contribution in [3.8, 4) is 0 Å². The maximum atomic E-state index is 12.5. The SMILES string of the molecule is Cc1oc(CNC(=O)C2CCCN2Cc2ccccc2)cc1C(=O)O. The fourth-order valence-corrected chi connectivity index (χ4v) is 3.27. The van der Waals surface area contributed by atoms with E-state index >= 15 is 0 Å². The average Bonchev–Trinajstić information content (AvgIpc) is 3.20. The van der Waals surface area contributed by atoms with Crippen molar-refractivity contribution in [2.24, 2.45) is 0 Å². The van der Waals surface area contributed by atoms with Crippen molar-refractivity contribution in [1.29, 1.82) is 0 Å². The minimum Gasteiger partial charge on any atom is -0.478 e. The largest absolute Gasteiger partial charge is 0.478 e. The Balaban J connectivity index is 1.58. The van der Waals surface area contributed by atoms with E-state index in [4.69, 9.17) is 9.52 Å². The number of carboxylic acid groups (broad SMARTS) is 1. The zero-order valence-corrected chi connectivity index (χ0v) is 14.2. The van der Waals surface area contributed by atoms with Crippen LogP contribution in [0.1, 0.15) is 40.3 Å². The molecular formula is C19H22N2O4. The standard InChI is InChI=1S/C19H22N2O4/c1-13-16(19(23)24)10-15(25-13)11-20-18(22)17-8-5-9-21(17)12-14-6-3-2-4-7-14/h2-4,6-7,10,17H,5,8-9,11-12H2,1H3,(H,20,22)(H,23,24). The van der Waals surface area contributed by atoms with E-state index in [0.717, 1.165) is 25.9 Å². The number of nitrogens with zero attached hydrogens (tertiary/aromatic N) is 1. The highest BCUT2D eigenvalue weighted by Crippen LogP contribution is 2.21. The molecule has 0 spiro atoms. The molecule has 0 saturated carbocycles. The summed E-state index contributed by atoms with van der Waals surface area (Å²) >= 11 is 0. The molecule has 1 fully saturated rings. The molecule has 2 N–H and O–H groups in total. The predicted octanol–water partition coefficient (Wildman–Crippen LogP) is 2.57.